The SMILES string of the molecule is CCCNC(=O)c1oc2nn(C)c(C)c2c1C. The minimum absolute atomic E-state index is 0.163. The minimum atomic E-state index is -0.163. The second-order valence-corrected chi connectivity index (χ2v) is 4.20. The fourth-order valence-electron chi connectivity index (χ4n) is 1.90. The number of carbonyl (C=O) groups excluding carboxylic acids is 1. The normalized spacial score (nSPS) is 11.1. The van der Waals surface area contributed by atoms with Gasteiger partial charge in [-0.15, -0.1) is 5.10 Å². The van der Waals surface area contributed by atoms with Crippen molar-refractivity contribution in [2.45, 2.75) is 27.2 Å². The average molecular weight is 235 g/mol. The summed E-state index contributed by atoms with van der Waals surface area (Å²) in [6.45, 7) is 6.52. The number of amides is 1. The van der Waals surface area contributed by atoms with Gasteiger partial charge in [-0.3, -0.25) is 9.48 Å². The monoisotopic (exact) mass is 235 g/mol. The lowest BCUT2D eigenvalue weighted by molar-refractivity contribution is 0.0927. The van der Waals surface area contributed by atoms with E-state index in [0.717, 1.165) is 23.1 Å². The summed E-state index contributed by atoms with van der Waals surface area (Å²) in [4.78, 5) is 11.8. The lowest BCUT2D eigenvalue weighted by Crippen LogP contribution is -2.24. The van der Waals surface area contributed by atoms with Gasteiger partial charge in [0, 0.05) is 24.8 Å². The Morgan fingerprint density at radius 3 is 2.76 bits per heavy atom. The molecule has 5 heteroatoms. The quantitative estimate of drug-likeness (QED) is 0.884. The van der Waals surface area contributed by atoms with Crippen LogP contribution in [0.3, 0.4) is 0 Å². The van der Waals surface area contributed by atoms with Gasteiger partial charge in [-0.2, -0.15) is 0 Å². The molecule has 0 aliphatic carbocycles. The maximum Gasteiger partial charge on any atom is 0.287 e. The number of rotatable bonds is 3. The van der Waals surface area contributed by atoms with Crippen LogP contribution in [0.5, 0.6) is 0 Å². The lowest BCUT2D eigenvalue weighted by Gasteiger charge is -2.01. The van der Waals surface area contributed by atoms with E-state index in [2.05, 4.69) is 10.4 Å². The molecule has 0 saturated carbocycles. The summed E-state index contributed by atoms with van der Waals surface area (Å²) in [5.41, 5.74) is 2.40. The molecule has 17 heavy (non-hydrogen) atoms. The van der Waals surface area contributed by atoms with Crippen molar-refractivity contribution in [1.82, 2.24) is 15.1 Å². The molecule has 0 aliphatic heterocycles. The molecular weight excluding hydrogens is 218 g/mol. The van der Waals surface area contributed by atoms with Gasteiger partial charge in [-0.25, -0.2) is 0 Å². The molecule has 2 aromatic heterocycles. The van der Waals surface area contributed by atoms with Gasteiger partial charge >= 0.3 is 0 Å². The molecule has 0 bridgehead atoms. The molecule has 92 valence electrons. The third kappa shape index (κ3) is 1.81. The number of hydrogen-bond acceptors (Lipinski definition) is 3. The van der Waals surface area contributed by atoms with Crippen LogP contribution in [0, 0.1) is 13.8 Å². The van der Waals surface area contributed by atoms with Gasteiger partial charge in [-0.1, -0.05) is 6.92 Å². The van der Waals surface area contributed by atoms with Crippen molar-refractivity contribution in [3.8, 4) is 0 Å². The molecule has 2 heterocycles. The molecule has 0 saturated heterocycles. The van der Waals surface area contributed by atoms with E-state index >= 15 is 0 Å². The number of carbonyl (C=O) groups is 1. The summed E-state index contributed by atoms with van der Waals surface area (Å²) in [5.74, 6) is 0.212. The third-order valence-electron chi connectivity index (χ3n) is 2.96. The highest BCUT2D eigenvalue weighted by Crippen LogP contribution is 2.27. The Kier molecular flexibility index (Phi) is 2.92. The van der Waals surface area contributed by atoms with Crippen molar-refractivity contribution in [2.75, 3.05) is 6.54 Å². The molecular formula is C12H17N3O2. The third-order valence-corrected chi connectivity index (χ3v) is 2.96. The topological polar surface area (TPSA) is 60.1 Å². The van der Waals surface area contributed by atoms with Gasteiger partial charge in [0.2, 0.25) is 5.71 Å². The highest BCUT2D eigenvalue weighted by atomic mass is 16.4. The molecule has 0 unspecified atom stereocenters. The van der Waals surface area contributed by atoms with Gasteiger partial charge in [-0.05, 0) is 20.3 Å². The highest BCUT2D eigenvalue weighted by Gasteiger charge is 2.21. The first-order valence-corrected chi connectivity index (χ1v) is 5.77. The summed E-state index contributed by atoms with van der Waals surface area (Å²) >= 11 is 0. The number of nitrogens with zero attached hydrogens (tertiary/aromatic N) is 2. The van der Waals surface area contributed by atoms with Crippen LogP contribution in [0.25, 0.3) is 11.1 Å². The fourth-order valence-corrected chi connectivity index (χ4v) is 1.90. The molecule has 0 atom stereocenters. The number of aryl methyl sites for hydroxylation is 3. The molecule has 2 rings (SSSR count). The zero-order valence-corrected chi connectivity index (χ0v) is 10.6. The van der Waals surface area contributed by atoms with Gasteiger partial charge in [0.05, 0.1) is 5.39 Å². The van der Waals surface area contributed by atoms with Crippen LogP contribution in [0.1, 0.15) is 35.2 Å². The van der Waals surface area contributed by atoms with Crippen LogP contribution in [-0.2, 0) is 7.05 Å². The molecule has 1 amide bonds. The number of furan rings is 1. The predicted octanol–water partition coefficient (Wildman–Crippen LogP) is 1.92. The molecule has 0 fully saturated rings. The Bertz CT molecular complexity index is 566. The summed E-state index contributed by atoms with van der Waals surface area (Å²) in [6.07, 6.45) is 0.906. The molecule has 2 aromatic rings. The Morgan fingerprint density at radius 1 is 1.47 bits per heavy atom. The second kappa shape index (κ2) is 4.24. The van der Waals surface area contributed by atoms with E-state index in [4.69, 9.17) is 4.42 Å². The van der Waals surface area contributed by atoms with Crippen LogP contribution in [0.15, 0.2) is 4.42 Å². The number of aromatic nitrogens is 2. The number of fused-ring (bicyclic) bond motifs is 1. The summed E-state index contributed by atoms with van der Waals surface area (Å²) in [6, 6.07) is 0. The Morgan fingerprint density at radius 2 is 2.18 bits per heavy atom. The van der Waals surface area contributed by atoms with E-state index in [1.807, 2.05) is 27.8 Å². The van der Waals surface area contributed by atoms with Crippen LogP contribution < -0.4 is 5.32 Å². The van der Waals surface area contributed by atoms with E-state index < -0.39 is 0 Å². The fraction of sp³-hybridized carbons (Fsp3) is 0.500. The minimum Gasteiger partial charge on any atom is -0.431 e. The summed E-state index contributed by atoms with van der Waals surface area (Å²) in [7, 11) is 1.86. The first-order chi connectivity index (χ1) is 8.06. The molecule has 0 radical (unpaired) electrons. The van der Waals surface area contributed by atoms with Crippen molar-refractivity contribution in [1.29, 1.82) is 0 Å². The highest BCUT2D eigenvalue weighted by molar-refractivity contribution is 5.98. The summed E-state index contributed by atoms with van der Waals surface area (Å²) < 4.78 is 7.27. The van der Waals surface area contributed by atoms with Crippen molar-refractivity contribution in [2.24, 2.45) is 7.05 Å². The molecule has 1 N–H and O–H groups in total. The van der Waals surface area contributed by atoms with Crippen molar-refractivity contribution in [3.05, 3.63) is 17.0 Å². The maximum atomic E-state index is 11.8. The predicted molar refractivity (Wildman–Crippen MR) is 65.1 cm³/mol. The zero-order valence-electron chi connectivity index (χ0n) is 10.6. The maximum absolute atomic E-state index is 11.8. The van der Waals surface area contributed by atoms with Crippen LogP contribution in [0.2, 0.25) is 0 Å². The standard InChI is InChI=1S/C12H17N3O2/c1-5-6-13-11(16)10-7(2)9-8(3)15(4)14-12(9)17-10/h5-6H2,1-4H3,(H,13,16). The van der Waals surface area contributed by atoms with E-state index in [9.17, 15) is 4.79 Å². The smallest absolute Gasteiger partial charge is 0.287 e. The van der Waals surface area contributed by atoms with Crippen molar-refractivity contribution in [3.63, 3.8) is 0 Å². The van der Waals surface area contributed by atoms with Gasteiger partial charge in [0.25, 0.3) is 5.91 Å². The molecule has 0 spiro atoms. The van der Waals surface area contributed by atoms with Gasteiger partial charge < -0.3 is 9.73 Å². The molecule has 0 aliphatic rings. The lowest BCUT2D eigenvalue weighted by atomic mass is 10.2. The first kappa shape index (κ1) is 11.7. The Balaban J connectivity index is 2.43. The van der Waals surface area contributed by atoms with Crippen molar-refractivity contribution >= 4 is 17.0 Å². The van der Waals surface area contributed by atoms with Gasteiger partial charge in [0.15, 0.2) is 5.76 Å². The average Bonchev–Trinajstić information content (AvgIpc) is 2.75. The number of nitrogens with one attached hydrogen (secondary N) is 1. The van der Waals surface area contributed by atoms with Crippen LogP contribution in [-0.4, -0.2) is 22.2 Å². The molecule has 5 nitrogen and oxygen atoms in total. The van der Waals surface area contributed by atoms with Gasteiger partial charge in [0.1, 0.15) is 0 Å². The van der Waals surface area contributed by atoms with E-state index in [-0.39, 0.29) is 5.91 Å². The van der Waals surface area contributed by atoms with Crippen LogP contribution in [0.4, 0.5) is 0 Å². The van der Waals surface area contributed by atoms with Crippen molar-refractivity contribution < 1.29 is 9.21 Å². The Hall–Kier alpha value is -1.78. The zero-order chi connectivity index (χ0) is 12.6. The van der Waals surface area contributed by atoms with E-state index in [0.29, 0.717) is 18.0 Å². The number of hydrogen-bond donors (Lipinski definition) is 1. The first-order valence-electron chi connectivity index (χ1n) is 5.77. The Labute approximate surface area is 99.8 Å². The van der Waals surface area contributed by atoms with E-state index in [1.54, 1.807) is 4.68 Å². The molecule has 0 aromatic carbocycles. The second-order valence-electron chi connectivity index (χ2n) is 4.20. The summed E-state index contributed by atoms with van der Waals surface area (Å²) in [5, 5.41) is 7.97. The largest absolute Gasteiger partial charge is 0.431 e. The van der Waals surface area contributed by atoms with E-state index in [1.165, 1.54) is 0 Å². The van der Waals surface area contributed by atoms with Crippen LogP contribution >= 0.6 is 0 Å².